The normalized spacial score (nSPS) is 20.8. The summed E-state index contributed by atoms with van der Waals surface area (Å²) >= 11 is 0. The lowest BCUT2D eigenvalue weighted by atomic mass is 10.1. The Kier molecular flexibility index (Phi) is 3.66. The number of nitriles is 1. The zero-order chi connectivity index (χ0) is 14.1. The van der Waals surface area contributed by atoms with E-state index in [0.29, 0.717) is 23.6 Å². The Balaban J connectivity index is 1.99. The van der Waals surface area contributed by atoms with Gasteiger partial charge in [-0.05, 0) is 29.4 Å². The zero-order valence-electron chi connectivity index (χ0n) is 11.2. The number of hydrogen-bond acceptors (Lipinski definition) is 3. The number of nitrogens with zero attached hydrogens (tertiary/aromatic N) is 1. The van der Waals surface area contributed by atoms with E-state index in [1.165, 1.54) is 0 Å². The molecule has 1 aliphatic carbocycles. The van der Waals surface area contributed by atoms with Gasteiger partial charge < -0.3 is 0 Å². The van der Waals surface area contributed by atoms with Crippen LogP contribution in [0.25, 0.3) is 0 Å². The molecule has 4 nitrogen and oxygen atoms in total. The third-order valence-corrected chi connectivity index (χ3v) is 5.05. The van der Waals surface area contributed by atoms with Crippen LogP contribution in [0.1, 0.15) is 31.4 Å². The predicted octanol–water partition coefficient (Wildman–Crippen LogP) is 2.02. The summed E-state index contributed by atoms with van der Waals surface area (Å²) in [7, 11) is -3.37. The number of benzene rings is 1. The molecule has 19 heavy (non-hydrogen) atoms. The average molecular weight is 278 g/mol. The van der Waals surface area contributed by atoms with Crippen molar-refractivity contribution in [3.63, 3.8) is 0 Å². The molecule has 1 unspecified atom stereocenters. The predicted molar refractivity (Wildman–Crippen MR) is 73.7 cm³/mol. The second kappa shape index (κ2) is 4.95. The van der Waals surface area contributed by atoms with E-state index >= 15 is 0 Å². The lowest BCUT2D eigenvalue weighted by Gasteiger charge is -2.08. The quantitative estimate of drug-likeness (QED) is 0.895. The van der Waals surface area contributed by atoms with Gasteiger partial charge in [-0.3, -0.25) is 0 Å². The first-order chi connectivity index (χ1) is 8.84. The molecule has 1 saturated carbocycles. The largest absolute Gasteiger partial charge is 0.215 e. The Morgan fingerprint density at radius 2 is 2.05 bits per heavy atom. The molecule has 0 heterocycles. The summed E-state index contributed by atoms with van der Waals surface area (Å²) in [5.41, 5.74) is 1.22. The highest BCUT2D eigenvalue weighted by atomic mass is 32.2. The molecule has 1 aliphatic rings. The fraction of sp³-hybridized carbons (Fsp3) is 0.500. The maximum Gasteiger partial charge on any atom is 0.215 e. The number of sulfonamides is 1. The van der Waals surface area contributed by atoms with Crippen LogP contribution in [0.15, 0.2) is 24.3 Å². The molecular weight excluding hydrogens is 260 g/mol. The SMILES string of the molecule is CC1(C)CC1CNS(=O)(=O)Cc1ccccc1C#N. The second-order valence-corrected chi connectivity index (χ2v) is 7.57. The molecule has 102 valence electrons. The molecule has 0 aromatic heterocycles. The third-order valence-electron chi connectivity index (χ3n) is 3.75. The summed E-state index contributed by atoms with van der Waals surface area (Å²) in [5, 5.41) is 8.95. The first-order valence-electron chi connectivity index (χ1n) is 6.29. The Labute approximate surface area is 114 Å². The minimum absolute atomic E-state index is 0.135. The maximum atomic E-state index is 12.0. The van der Waals surface area contributed by atoms with Crippen LogP contribution < -0.4 is 4.72 Å². The van der Waals surface area contributed by atoms with Crippen LogP contribution in [0.3, 0.4) is 0 Å². The van der Waals surface area contributed by atoms with Gasteiger partial charge in [-0.25, -0.2) is 13.1 Å². The molecule has 0 saturated heterocycles. The van der Waals surface area contributed by atoms with Crippen LogP contribution in [0.2, 0.25) is 0 Å². The van der Waals surface area contributed by atoms with Crippen molar-refractivity contribution in [3.8, 4) is 6.07 Å². The van der Waals surface area contributed by atoms with Gasteiger partial charge in [0, 0.05) is 6.54 Å². The van der Waals surface area contributed by atoms with Gasteiger partial charge in [-0.1, -0.05) is 32.0 Å². The van der Waals surface area contributed by atoms with Gasteiger partial charge in [0.05, 0.1) is 17.4 Å². The second-order valence-electron chi connectivity index (χ2n) is 5.77. The first kappa shape index (κ1) is 14.0. The van der Waals surface area contributed by atoms with Crippen LogP contribution in [0.5, 0.6) is 0 Å². The zero-order valence-corrected chi connectivity index (χ0v) is 12.0. The van der Waals surface area contributed by atoms with Crippen molar-refractivity contribution in [1.82, 2.24) is 4.72 Å². The summed E-state index contributed by atoms with van der Waals surface area (Å²) in [6, 6.07) is 8.81. The van der Waals surface area contributed by atoms with Gasteiger partial charge in [-0.15, -0.1) is 0 Å². The van der Waals surface area contributed by atoms with Gasteiger partial charge >= 0.3 is 0 Å². The third kappa shape index (κ3) is 3.55. The summed E-state index contributed by atoms with van der Waals surface area (Å²) in [4.78, 5) is 0. The smallest absolute Gasteiger partial charge is 0.215 e. The van der Waals surface area contributed by atoms with Gasteiger partial charge in [-0.2, -0.15) is 5.26 Å². The molecule has 1 atom stereocenters. The molecule has 1 fully saturated rings. The Bertz CT molecular complexity index is 615. The lowest BCUT2D eigenvalue weighted by molar-refractivity contribution is 0.537. The van der Waals surface area contributed by atoms with E-state index in [9.17, 15) is 8.42 Å². The van der Waals surface area contributed by atoms with Crippen molar-refractivity contribution in [2.24, 2.45) is 11.3 Å². The molecule has 1 aromatic rings. The molecule has 0 amide bonds. The van der Waals surface area contributed by atoms with Crippen molar-refractivity contribution >= 4 is 10.0 Å². The molecule has 1 aromatic carbocycles. The standard InChI is InChI=1S/C14H18N2O2S/c1-14(2)7-13(14)9-16-19(17,18)10-12-6-4-3-5-11(12)8-15/h3-6,13,16H,7,9-10H2,1-2H3. The molecule has 1 N–H and O–H groups in total. The van der Waals surface area contributed by atoms with Gasteiger partial charge in [0.2, 0.25) is 10.0 Å². The van der Waals surface area contributed by atoms with Crippen LogP contribution in [-0.2, 0) is 15.8 Å². The maximum absolute atomic E-state index is 12.0. The summed E-state index contributed by atoms with van der Waals surface area (Å²) in [6.07, 6.45) is 1.06. The Morgan fingerprint density at radius 3 is 2.63 bits per heavy atom. The van der Waals surface area contributed by atoms with E-state index < -0.39 is 10.0 Å². The summed E-state index contributed by atoms with van der Waals surface area (Å²) < 4.78 is 26.6. The molecule has 2 rings (SSSR count). The summed E-state index contributed by atoms with van der Waals surface area (Å²) in [6.45, 7) is 4.76. The van der Waals surface area contributed by atoms with Crippen molar-refractivity contribution in [2.45, 2.75) is 26.0 Å². The number of rotatable bonds is 5. The Hall–Kier alpha value is -1.38. The molecule has 0 bridgehead atoms. The molecule has 5 heteroatoms. The fourth-order valence-electron chi connectivity index (χ4n) is 2.16. The van der Waals surface area contributed by atoms with Crippen molar-refractivity contribution in [1.29, 1.82) is 5.26 Å². The van der Waals surface area contributed by atoms with E-state index in [2.05, 4.69) is 18.6 Å². The topological polar surface area (TPSA) is 70.0 Å². The Morgan fingerprint density at radius 1 is 1.42 bits per heavy atom. The number of nitrogens with one attached hydrogen (secondary N) is 1. The average Bonchev–Trinajstić information content (AvgIpc) is 2.95. The highest BCUT2D eigenvalue weighted by Crippen LogP contribution is 2.51. The first-order valence-corrected chi connectivity index (χ1v) is 7.95. The van der Waals surface area contributed by atoms with Gasteiger partial charge in [0.25, 0.3) is 0 Å². The minimum Gasteiger partial charge on any atom is -0.215 e. The monoisotopic (exact) mass is 278 g/mol. The van der Waals surface area contributed by atoms with Crippen molar-refractivity contribution < 1.29 is 8.42 Å². The van der Waals surface area contributed by atoms with Crippen LogP contribution in [0, 0.1) is 22.7 Å². The van der Waals surface area contributed by atoms with E-state index in [4.69, 9.17) is 5.26 Å². The highest BCUT2D eigenvalue weighted by Gasteiger charge is 2.45. The van der Waals surface area contributed by atoms with Crippen molar-refractivity contribution in [2.75, 3.05) is 6.54 Å². The van der Waals surface area contributed by atoms with E-state index in [1.807, 2.05) is 6.07 Å². The summed E-state index contributed by atoms with van der Waals surface area (Å²) in [5.74, 6) is 0.289. The number of hydrogen-bond donors (Lipinski definition) is 1. The van der Waals surface area contributed by atoms with Gasteiger partial charge in [0.1, 0.15) is 0 Å². The minimum atomic E-state index is -3.37. The van der Waals surface area contributed by atoms with Gasteiger partial charge in [0.15, 0.2) is 0 Å². The molecule has 0 aliphatic heterocycles. The van der Waals surface area contributed by atoms with Crippen LogP contribution in [0.4, 0.5) is 0 Å². The van der Waals surface area contributed by atoms with Crippen LogP contribution in [-0.4, -0.2) is 15.0 Å². The molecule has 0 radical (unpaired) electrons. The van der Waals surface area contributed by atoms with Crippen LogP contribution >= 0.6 is 0 Å². The van der Waals surface area contributed by atoms with E-state index in [1.54, 1.807) is 24.3 Å². The highest BCUT2D eigenvalue weighted by molar-refractivity contribution is 7.88. The fourth-order valence-corrected chi connectivity index (χ4v) is 3.38. The lowest BCUT2D eigenvalue weighted by Crippen LogP contribution is -2.28. The molecule has 0 spiro atoms. The molecular formula is C14H18N2O2S. The van der Waals surface area contributed by atoms with Crippen molar-refractivity contribution in [3.05, 3.63) is 35.4 Å². The van der Waals surface area contributed by atoms with E-state index in [0.717, 1.165) is 6.42 Å². The van der Waals surface area contributed by atoms with E-state index in [-0.39, 0.29) is 11.2 Å².